The standard InChI is InChI=1S/C21H29N3O8/c1-7-29-18(25)14(19(26)30-8-2)11-16-17(24(6)13(5)23-16)22-12-15(20(27)31-9-3)21(28)32-10-4/h11-12,22H,7-10H2,1-6H3. The summed E-state index contributed by atoms with van der Waals surface area (Å²) in [6.45, 7) is 8.37. The van der Waals surface area contributed by atoms with Crippen molar-refractivity contribution >= 4 is 35.8 Å². The van der Waals surface area contributed by atoms with Crippen LogP contribution in [0.3, 0.4) is 0 Å². The number of carbonyl (C=O) groups is 4. The molecule has 1 N–H and O–H groups in total. The minimum Gasteiger partial charge on any atom is -0.462 e. The molecule has 0 aromatic carbocycles. The van der Waals surface area contributed by atoms with Crippen LogP contribution in [0, 0.1) is 6.92 Å². The van der Waals surface area contributed by atoms with Crippen LogP contribution < -0.4 is 5.32 Å². The number of hydrogen-bond donors (Lipinski definition) is 1. The fourth-order valence-corrected chi connectivity index (χ4v) is 2.42. The number of aromatic nitrogens is 2. The maximum Gasteiger partial charge on any atom is 0.347 e. The van der Waals surface area contributed by atoms with E-state index in [9.17, 15) is 19.2 Å². The molecule has 1 rings (SSSR count). The Hall–Kier alpha value is -3.63. The van der Waals surface area contributed by atoms with Crippen LogP contribution in [0.1, 0.15) is 39.2 Å². The van der Waals surface area contributed by atoms with Crippen molar-refractivity contribution in [2.24, 2.45) is 7.05 Å². The molecule has 0 radical (unpaired) electrons. The number of aryl methyl sites for hydroxylation is 1. The molecule has 32 heavy (non-hydrogen) atoms. The van der Waals surface area contributed by atoms with Crippen LogP contribution in [0.5, 0.6) is 0 Å². The van der Waals surface area contributed by atoms with Crippen LogP contribution in [0.2, 0.25) is 0 Å². The van der Waals surface area contributed by atoms with E-state index in [-0.39, 0.29) is 43.3 Å². The zero-order chi connectivity index (χ0) is 24.3. The minimum atomic E-state index is -0.867. The average Bonchev–Trinajstić information content (AvgIpc) is 3.00. The summed E-state index contributed by atoms with van der Waals surface area (Å²) in [5.74, 6) is -2.65. The van der Waals surface area contributed by atoms with Gasteiger partial charge in [0.15, 0.2) is 5.57 Å². The molecule has 11 heteroatoms. The first-order valence-corrected chi connectivity index (χ1v) is 10.1. The number of ether oxygens (including phenoxy) is 4. The molecule has 1 heterocycles. The van der Waals surface area contributed by atoms with Crippen LogP contribution in [-0.4, -0.2) is 59.9 Å². The van der Waals surface area contributed by atoms with Crippen molar-refractivity contribution in [3.05, 3.63) is 28.9 Å². The highest BCUT2D eigenvalue weighted by molar-refractivity contribution is 6.18. The molecule has 1 aromatic heterocycles. The minimum absolute atomic E-state index is 0.0626. The lowest BCUT2D eigenvalue weighted by Gasteiger charge is -2.10. The van der Waals surface area contributed by atoms with Crippen molar-refractivity contribution < 1.29 is 38.1 Å². The normalized spacial score (nSPS) is 9.94. The summed E-state index contributed by atoms with van der Waals surface area (Å²) in [7, 11) is 1.67. The number of nitrogens with one attached hydrogen (secondary N) is 1. The van der Waals surface area contributed by atoms with Gasteiger partial charge >= 0.3 is 23.9 Å². The van der Waals surface area contributed by atoms with Gasteiger partial charge in [0, 0.05) is 13.2 Å². The van der Waals surface area contributed by atoms with Gasteiger partial charge in [0.05, 0.1) is 26.4 Å². The van der Waals surface area contributed by atoms with Gasteiger partial charge in [-0.05, 0) is 40.7 Å². The zero-order valence-corrected chi connectivity index (χ0v) is 19.1. The Bertz CT molecular complexity index is 874. The summed E-state index contributed by atoms with van der Waals surface area (Å²) in [4.78, 5) is 53.2. The Morgan fingerprint density at radius 3 is 1.62 bits per heavy atom. The van der Waals surface area contributed by atoms with E-state index in [0.717, 1.165) is 6.20 Å². The largest absolute Gasteiger partial charge is 0.462 e. The van der Waals surface area contributed by atoms with Crippen LogP contribution in [-0.2, 0) is 45.2 Å². The smallest absolute Gasteiger partial charge is 0.347 e. The highest BCUT2D eigenvalue weighted by Gasteiger charge is 2.24. The van der Waals surface area contributed by atoms with Crippen LogP contribution in [0.4, 0.5) is 5.82 Å². The number of nitrogens with zero attached hydrogens (tertiary/aromatic N) is 2. The van der Waals surface area contributed by atoms with E-state index in [1.54, 1.807) is 46.2 Å². The molecule has 0 amide bonds. The average molecular weight is 451 g/mol. The van der Waals surface area contributed by atoms with E-state index in [1.807, 2.05) is 0 Å². The monoisotopic (exact) mass is 451 g/mol. The SMILES string of the molecule is CCOC(=O)C(=CNc1c(C=C(C(=O)OCC)C(=O)OCC)nc(C)n1C)C(=O)OCC. The second-order valence-electron chi connectivity index (χ2n) is 6.09. The van der Waals surface area contributed by atoms with Crippen molar-refractivity contribution in [1.29, 1.82) is 0 Å². The molecule has 0 fully saturated rings. The number of rotatable bonds is 11. The maximum absolute atomic E-state index is 12.3. The van der Waals surface area contributed by atoms with E-state index in [4.69, 9.17) is 18.9 Å². The number of hydrogen-bond acceptors (Lipinski definition) is 10. The molecule has 0 aliphatic heterocycles. The van der Waals surface area contributed by atoms with Crippen LogP contribution in [0.25, 0.3) is 6.08 Å². The Morgan fingerprint density at radius 2 is 1.22 bits per heavy atom. The van der Waals surface area contributed by atoms with E-state index in [0.29, 0.717) is 11.6 Å². The Balaban J connectivity index is 3.46. The fraction of sp³-hybridized carbons (Fsp3) is 0.476. The van der Waals surface area contributed by atoms with Crippen LogP contribution in [0.15, 0.2) is 17.3 Å². The molecule has 0 saturated carbocycles. The number of imidazole rings is 1. The molecule has 176 valence electrons. The highest BCUT2D eigenvalue weighted by Crippen LogP contribution is 2.21. The second-order valence-corrected chi connectivity index (χ2v) is 6.09. The van der Waals surface area contributed by atoms with Crippen molar-refractivity contribution in [2.75, 3.05) is 31.7 Å². The lowest BCUT2D eigenvalue weighted by atomic mass is 10.2. The zero-order valence-electron chi connectivity index (χ0n) is 19.1. The van der Waals surface area contributed by atoms with Gasteiger partial charge in [-0.15, -0.1) is 0 Å². The van der Waals surface area contributed by atoms with Gasteiger partial charge in [0.2, 0.25) is 0 Å². The van der Waals surface area contributed by atoms with Gasteiger partial charge in [0.25, 0.3) is 0 Å². The quantitative estimate of drug-likeness (QED) is 0.174. The third kappa shape index (κ3) is 6.96. The molecule has 11 nitrogen and oxygen atoms in total. The molecule has 0 aliphatic carbocycles. The molecule has 0 saturated heterocycles. The van der Waals surface area contributed by atoms with Crippen molar-refractivity contribution in [3.63, 3.8) is 0 Å². The van der Waals surface area contributed by atoms with Crippen LogP contribution >= 0.6 is 0 Å². The topological polar surface area (TPSA) is 135 Å². The van der Waals surface area contributed by atoms with E-state index in [2.05, 4.69) is 10.3 Å². The molecule has 0 aliphatic rings. The van der Waals surface area contributed by atoms with E-state index in [1.165, 1.54) is 6.08 Å². The first-order valence-electron chi connectivity index (χ1n) is 10.1. The predicted octanol–water partition coefficient (Wildman–Crippen LogP) is 1.66. The van der Waals surface area contributed by atoms with Crippen molar-refractivity contribution in [3.8, 4) is 0 Å². The summed E-state index contributed by atoms with van der Waals surface area (Å²) >= 11 is 0. The fourth-order valence-electron chi connectivity index (χ4n) is 2.42. The molecule has 0 spiro atoms. The first kappa shape index (κ1) is 26.4. The summed E-state index contributed by atoms with van der Waals surface area (Å²) in [6.07, 6.45) is 2.34. The predicted molar refractivity (Wildman–Crippen MR) is 114 cm³/mol. The van der Waals surface area contributed by atoms with Gasteiger partial charge in [-0.25, -0.2) is 24.2 Å². The van der Waals surface area contributed by atoms with Gasteiger partial charge in [0.1, 0.15) is 22.9 Å². The van der Waals surface area contributed by atoms with Crippen molar-refractivity contribution in [1.82, 2.24) is 9.55 Å². The maximum atomic E-state index is 12.3. The number of carbonyl (C=O) groups excluding carboxylic acids is 4. The highest BCUT2D eigenvalue weighted by atomic mass is 16.6. The molecule has 1 aromatic rings. The molecule has 0 atom stereocenters. The molecule has 0 bridgehead atoms. The van der Waals surface area contributed by atoms with Crippen molar-refractivity contribution in [2.45, 2.75) is 34.6 Å². The van der Waals surface area contributed by atoms with Gasteiger partial charge in [-0.2, -0.15) is 0 Å². The summed E-state index contributed by atoms with van der Waals surface area (Å²) in [6, 6.07) is 0. The Kier molecular flexibility index (Phi) is 10.7. The summed E-state index contributed by atoms with van der Waals surface area (Å²) in [5.41, 5.74) is -0.530. The third-order valence-corrected chi connectivity index (χ3v) is 3.96. The molecular formula is C21H29N3O8. The number of anilines is 1. The Labute approximate surface area is 186 Å². The summed E-state index contributed by atoms with van der Waals surface area (Å²) in [5, 5.41) is 2.82. The second kappa shape index (κ2) is 12.9. The number of esters is 4. The third-order valence-electron chi connectivity index (χ3n) is 3.96. The lowest BCUT2D eigenvalue weighted by Crippen LogP contribution is -2.20. The van der Waals surface area contributed by atoms with E-state index < -0.39 is 23.9 Å². The van der Waals surface area contributed by atoms with Gasteiger partial charge in [-0.3, -0.25) is 0 Å². The summed E-state index contributed by atoms with van der Waals surface area (Å²) < 4.78 is 21.3. The lowest BCUT2D eigenvalue weighted by molar-refractivity contribution is -0.148. The molecular weight excluding hydrogens is 422 g/mol. The van der Waals surface area contributed by atoms with Gasteiger partial charge < -0.3 is 28.8 Å². The first-order chi connectivity index (χ1) is 15.2. The Morgan fingerprint density at radius 1 is 0.812 bits per heavy atom. The van der Waals surface area contributed by atoms with Gasteiger partial charge in [-0.1, -0.05) is 0 Å². The molecule has 0 unspecified atom stereocenters. The van der Waals surface area contributed by atoms with E-state index >= 15 is 0 Å².